The zero-order valence-electron chi connectivity index (χ0n) is 13.9. The summed E-state index contributed by atoms with van der Waals surface area (Å²) in [5.74, 6) is 0.446. The van der Waals surface area contributed by atoms with Crippen LogP contribution in [0.15, 0.2) is 24.3 Å². The standard InChI is InChI=1S/C19H22ClNO3/c1-2-24-19(23)21-17-12-14(20)10-11-15(17)16(18(21)22)9-5-8-13-6-3-4-7-13/h9-13H,2-8H2,1H3/b16-9+. The van der Waals surface area contributed by atoms with Gasteiger partial charge in [0.05, 0.1) is 12.3 Å². The third kappa shape index (κ3) is 3.34. The Morgan fingerprint density at radius 2 is 2.12 bits per heavy atom. The van der Waals surface area contributed by atoms with Gasteiger partial charge in [-0.1, -0.05) is 49.4 Å². The van der Waals surface area contributed by atoms with Crippen LogP contribution >= 0.6 is 11.6 Å². The minimum atomic E-state index is -0.648. The maximum atomic E-state index is 12.7. The van der Waals surface area contributed by atoms with Gasteiger partial charge in [0, 0.05) is 16.2 Å². The number of halogens is 1. The average Bonchev–Trinajstić information content (AvgIpc) is 3.14. The Balaban J connectivity index is 1.84. The summed E-state index contributed by atoms with van der Waals surface area (Å²) in [5.41, 5.74) is 1.84. The molecule has 0 N–H and O–H groups in total. The fourth-order valence-corrected chi connectivity index (χ4v) is 3.76. The van der Waals surface area contributed by atoms with Gasteiger partial charge in [0.15, 0.2) is 0 Å². The first kappa shape index (κ1) is 17.0. The van der Waals surface area contributed by atoms with E-state index in [4.69, 9.17) is 16.3 Å². The second-order valence-electron chi connectivity index (χ2n) is 6.35. The summed E-state index contributed by atoms with van der Waals surface area (Å²) in [4.78, 5) is 26.0. The second kappa shape index (κ2) is 7.39. The predicted octanol–water partition coefficient (Wildman–Crippen LogP) is 5.20. The van der Waals surface area contributed by atoms with Crippen molar-refractivity contribution < 1.29 is 14.3 Å². The normalized spacial score (nSPS) is 19.2. The van der Waals surface area contributed by atoms with Crippen molar-refractivity contribution in [3.8, 4) is 0 Å². The molecule has 2 amide bonds. The van der Waals surface area contributed by atoms with Gasteiger partial charge in [-0.25, -0.2) is 9.69 Å². The SMILES string of the molecule is CCOC(=O)N1C(=O)/C(=C/CCC2CCCC2)c2ccc(Cl)cc21. The number of amides is 2. The zero-order chi connectivity index (χ0) is 17.1. The monoisotopic (exact) mass is 347 g/mol. The van der Waals surface area contributed by atoms with Crippen LogP contribution in [0.4, 0.5) is 10.5 Å². The third-order valence-electron chi connectivity index (χ3n) is 4.77. The lowest BCUT2D eigenvalue weighted by Crippen LogP contribution is -2.34. The lowest BCUT2D eigenvalue weighted by molar-refractivity contribution is -0.112. The quantitative estimate of drug-likeness (QED) is 0.703. The average molecular weight is 348 g/mol. The van der Waals surface area contributed by atoms with E-state index in [9.17, 15) is 9.59 Å². The van der Waals surface area contributed by atoms with Gasteiger partial charge < -0.3 is 4.74 Å². The largest absolute Gasteiger partial charge is 0.449 e. The van der Waals surface area contributed by atoms with E-state index in [0.29, 0.717) is 16.3 Å². The summed E-state index contributed by atoms with van der Waals surface area (Å²) >= 11 is 6.05. The van der Waals surface area contributed by atoms with Crippen molar-refractivity contribution in [3.63, 3.8) is 0 Å². The van der Waals surface area contributed by atoms with Gasteiger partial charge in [-0.05, 0) is 37.8 Å². The maximum Gasteiger partial charge on any atom is 0.421 e. The third-order valence-corrected chi connectivity index (χ3v) is 5.01. The summed E-state index contributed by atoms with van der Waals surface area (Å²) in [6, 6.07) is 5.19. The Bertz CT molecular complexity index is 677. The molecule has 0 unspecified atom stereocenters. The van der Waals surface area contributed by atoms with Crippen molar-refractivity contribution in [2.24, 2.45) is 5.92 Å². The molecule has 1 fully saturated rings. The Kier molecular flexibility index (Phi) is 5.24. The van der Waals surface area contributed by atoms with E-state index in [1.54, 1.807) is 25.1 Å². The number of hydrogen-bond acceptors (Lipinski definition) is 3. The Hall–Kier alpha value is -1.81. The van der Waals surface area contributed by atoms with Gasteiger partial charge >= 0.3 is 6.09 Å². The van der Waals surface area contributed by atoms with Crippen LogP contribution in [0.1, 0.15) is 51.0 Å². The molecule has 1 aliphatic heterocycles. The molecule has 2 aliphatic rings. The highest BCUT2D eigenvalue weighted by molar-refractivity contribution is 6.40. The van der Waals surface area contributed by atoms with E-state index in [-0.39, 0.29) is 12.5 Å². The summed E-state index contributed by atoms with van der Waals surface area (Å²) < 4.78 is 5.02. The first-order valence-corrected chi connectivity index (χ1v) is 9.01. The van der Waals surface area contributed by atoms with Crippen molar-refractivity contribution in [2.45, 2.75) is 45.4 Å². The van der Waals surface area contributed by atoms with Crippen LogP contribution in [0.25, 0.3) is 5.57 Å². The number of anilines is 1. The van der Waals surface area contributed by atoms with Crippen molar-refractivity contribution >= 4 is 34.9 Å². The summed E-state index contributed by atoms with van der Waals surface area (Å²) in [6.45, 7) is 1.94. The number of ether oxygens (including phenoxy) is 1. The maximum absolute atomic E-state index is 12.7. The minimum Gasteiger partial charge on any atom is -0.449 e. The van der Waals surface area contributed by atoms with Gasteiger partial charge in [-0.2, -0.15) is 0 Å². The Labute approximate surface area is 147 Å². The minimum absolute atomic E-state index is 0.221. The van der Waals surface area contributed by atoms with Crippen LogP contribution in [0, 0.1) is 5.92 Å². The van der Waals surface area contributed by atoms with E-state index in [2.05, 4.69) is 0 Å². The molecule has 128 valence electrons. The van der Waals surface area contributed by atoms with Crippen LogP contribution in [-0.2, 0) is 9.53 Å². The van der Waals surface area contributed by atoms with E-state index in [1.165, 1.54) is 25.7 Å². The van der Waals surface area contributed by atoms with Gasteiger partial charge in [-0.3, -0.25) is 4.79 Å². The van der Waals surface area contributed by atoms with Crippen LogP contribution < -0.4 is 4.90 Å². The van der Waals surface area contributed by atoms with E-state index < -0.39 is 6.09 Å². The molecule has 0 spiro atoms. The smallest absolute Gasteiger partial charge is 0.421 e. The molecule has 1 saturated carbocycles. The topological polar surface area (TPSA) is 46.6 Å². The first-order valence-electron chi connectivity index (χ1n) is 8.63. The van der Waals surface area contributed by atoms with Crippen LogP contribution in [0.2, 0.25) is 5.02 Å². The van der Waals surface area contributed by atoms with Crippen LogP contribution in [0.3, 0.4) is 0 Å². The van der Waals surface area contributed by atoms with E-state index in [0.717, 1.165) is 29.2 Å². The first-order chi connectivity index (χ1) is 11.6. The highest BCUT2D eigenvalue weighted by atomic mass is 35.5. The molecule has 0 bridgehead atoms. The molecule has 0 aromatic heterocycles. The van der Waals surface area contributed by atoms with Gasteiger partial charge in [0.25, 0.3) is 5.91 Å². The molecule has 0 radical (unpaired) electrons. The molecule has 24 heavy (non-hydrogen) atoms. The van der Waals surface area contributed by atoms with E-state index >= 15 is 0 Å². The number of rotatable bonds is 4. The molecule has 3 rings (SSSR count). The highest BCUT2D eigenvalue weighted by Gasteiger charge is 2.37. The van der Waals surface area contributed by atoms with Crippen molar-refractivity contribution in [1.29, 1.82) is 0 Å². The Morgan fingerprint density at radius 1 is 1.38 bits per heavy atom. The number of nitrogens with zero attached hydrogens (tertiary/aromatic N) is 1. The molecular weight excluding hydrogens is 326 g/mol. The zero-order valence-corrected chi connectivity index (χ0v) is 14.6. The van der Waals surface area contributed by atoms with Crippen molar-refractivity contribution in [2.75, 3.05) is 11.5 Å². The highest BCUT2D eigenvalue weighted by Crippen LogP contribution is 2.39. The molecule has 5 heteroatoms. The van der Waals surface area contributed by atoms with Crippen LogP contribution in [-0.4, -0.2) is 18.6 Å². The number of allylic oxidation sites excluding steroid dienone is 1. The van der Waals surface area contributed by atoms with E-state index in [1.807, 2.05) is 6.08 Å². The second-order valence-corrected chi connectivity index (χ2v) is 6.78. The fraction of sp³-hybridized carbons (Fsp3) is 0.474. The molecule has 4 nitrogen and oxygen atoms in total. The van der Waals surface area contributed by atoms with Crippen LogP contribution in [0.5, 0.6) is 0 Å². The van der Waals surface area contributed by atoms with Gasteiger partial charge in [0.1, 0.15) is 0 Å². The number of fused-ring (bicyclic) bond motifs is 1. The number of hydrogen-bond donors (Lipinski definition) is 0. The summed E-state index contributed by atoms with van der Waals surface area (Å²) in [5, 5.41) is 0.489. The molecule has 1 aliphatic carbocycles. The summed E-state index contributed by atoms with van der Waals surface area (Å²) in [7, 11) is 0. The summed E-state index contributed by atoms with van der Waals surface area (Å²) in [6.07, 6.45) is 8.48. The fourth-order valence-electron chi connectivity index (χ4n) is 3.59. The van der Waals surface area contributed by atoms with Gasteiger partial charge in [-0.15, -0.1) is 0 Å². The number of imide groups is 1. The number of benzene rings is 1. The lowest BCUT2D eigenvalue weighted by Gasteiger charge is -2.14. The molecule has 1 heterocycles. The molecule has 1 aromatic carbocycles. The van der Waals surface area contributed by atoms with Gasteiger partial charge in [0.2, 0.25) is 0 Å². The van der Waals surface area contributed by atoms with Crippen molar-refractivity contribution in [1.82, 2.24) is 0 Å². The number of carbonyl (C=O) groups is 2. The Morgan fingerprint density at radius 3 is 2.83 bits per heavy atom. The number of carbonyl (C=O) groups excluding carboxylic acids is 2. The van der Waals surface area contributed by atoms with Crippen molar-refractivity contribution in [3.05, 3.63) is 34.9 Å². The molecule has 0 atom stereocenters. The molecule has 0 saturated heterocycles. The molecule has 1 aromatic rings. The lowest BCUT2D eigenvalue weighted by atomic mass is 9.99. The molecular formula is C19H22ClNO3. The predicted molar refractivity (Wildman–Crippen MR) is 95.1 cm³/mol.